The van der Waals surface area contributed by atoms with E-state index in [1.54, 1.807) is 0 Å². The minimum absolute atomic E-state index is 0.452. The molecule has 0 unspecified atom stereocenters. The van der Waals surface area contributed by atoms with Gasteiger partial charge in [-0.2, -0.15) is 0 Å². The van der Waals surface area contributed by atoms with Crippen LogP contribution in [0, 0.1) is 0 Å². The fourth-order valence-corrected chi connectivity index (χ4v) is 3.54. The summed E-state index contributed by atoms with van der Waals surface area (Å²) in [6.07, 6.45) is 1.89. The summed E-state index contributed by atoms with van der Waals surface area (Å²) in [6, 6.07) is 28.8. The number of nitrogens with one attached hydrogen (secondary N) is 1. The van der Waals surface area contributed by atoms with Crippen LogP contribution in [0.15, 0.2) is 84.9 Å². The number of ether oxygens (including phenoxy) is 1. The molecule has 0 atom stereocenters. The lowest BCUT2D eigenvalue weighted by Crippen LogP contribution is -1.99. The summed E-state index contributed by atoms with van der Waals surface area (Å²) in [5.74, 6) is 1.53. The Labute approximate surface area is 179 Å². The van der Waals surface area contributed by atoms with Gasteiger partial charge in [-0.1, -0.05) is 54.6 Å². The zero-order valence-corrected chi connectivity index (χ0v) is 16.9. The molecule has 31 heavy (non-hydrogen) atoms. The fraction of sp³-hybridized carbons (Fsp3) is 0.120. The molecule has 0 fully saturated rings. The molecule has 2 heterocycles. The van der Waals surface area contributed by atoms with Gasteiger partial charge >= 0.3 is 0 Å². The van der Waals surface area contributed by atoms with Crippen molar-refractivity contribution in [2.24, 2.45) is 0 Å². The number of hydrogen-bond donors (Lipinski definition) is 1. The molecule has 0 saturated carbocycles. The first kappa shape index (κ1) is 18.9. The molecule has 3 aromatic carbocycles. The molecule has 6 heteroatoms. The SMILES string of the molecule is c1cc(CCc2ccc(OCc3ccc4ccccc4n3)cc2)cc(-c2nnn[nH]2)c1. The Bertz CT molecular complexity index is 1280. The standard InChI is InChI=1S/C25H21N5O/c1-2-7-24-20(5-1)12-13-22(26-24)17-31-23-14-10-18(11-15-23)8-9-19-4-3-6-21(16-19)25-27-29-30-28-25/h1-7,10-16H,8-9,17H2,(H,27,28,29,30). The minimum atomic E-state index is 0.452. The molecule has 0 bridgehead atoms. The Morgan fingerprint density at radius 1 is 0.774 bits per heavy atom. The quantitative estimate of drug-likeness (QED) is 0.420. The van der Waals surface area contributed by atoms with Crippen LogP contribution in [0.2, 0.25) is 0 Å². The Morgan fingerprint density at radius 2 is 1.65 bits per heavy atom. The monoisotopic (exact) mass is 407 g/mol. The number of rotatable bonds is 7. The predicted molar refractivity (Wildman–Crippen MR) is 120 cm³/mol. The second-order valence-electron chi connectivity index (χ2n) is 7.38. The zero-order chi connectivity index (χ0) is 20.9. The maximum absolute atomic E-state index is 5.93. The smallest absolute Gasteiger partial charge is 0.179 e. The molecule has 6 nitrogen and oxygen atoms in total. The number of para-hydroxylation sites is 1. The summed E-state index contributed by atoms with van der Waals surface area (Å²) >= 11 is 0. The van der Waals surface area contributed by atoms with Crippen molar-refractivity contribution < 1.29 is 4.74 Å². The Balaban J connectivity index is 1.18. The molecule has 0 aliphatic carbocycles. The van der Waals surface area contributed by atoms with Gasteiger partial charge in [-0.05, 0) is 64.7 Å². The van der Waals surface area contributed by atoms with Crippen molar-refractivity contribution in [1.82, 2.24) is 25.6 Å². The second-order valence-corrected chi connectivity index (χ2v) is 7.38. The van der Waals surface area contributed by atoms with Crippen LogP contribution < -0.4 is 4.74 Å². The molecule has 5 rings (SSSR count). The minimum Gasteiger partial charge on any atom is -0.487 e. The van der Waals surface area contributed by atoms with Crippen LogP contribution in [0.3, 0.4) is 0 Å². The van der Waals surface area contributed by atoms with Gasteiger partial charge in [-0.15, -0.1) is 5.10 Å². The molecule has 0 saturated heterocycles. The van der Waals surface area contributed by atoms with Crippen molar-refractivity contribution in [1.29, 1.82) is 0 Å². The number of H-pyrrole nitrogens is 1. The van der Waals surface area contributed by atoms with Crippen LogP contribution in [-0.4, -0.2) is 25.6 Å². The number of tetrazole rings is 1. The first-order chi connectivity index (χ1) is 15.3. The molecule has 0 aliphatic heterocycles. The van der Waals surface area contributed by atoms with E-state index >= 15 is 0 Å². The van der Waals surface area contributed by atoms with E-state index in [0.29, 0.717) is 12.4 Å². The molecule has 0 radical (unpaired) electrons. The van der Waals surface area contributed by atoms with E-state index in [0.717, 1.165) is 40.8 Å². The first-order valence-electron chi connectivity index (χ1n) is 10.2. The number of pyridine rings is 1. The lowest BCUT2D eigenvalue weighted by molar-refractivity contribution is 0.301. The topological polar surface area (TPSA) is 76.6 Å². The maximum Gasteiger partial charge on any atom is 0.179 e. The van der Waals surface area contributed by atoms with Gasteiger partial charge in [-0.3, -0.25) is 0 Å². The molecular weight excluding hydrogens is 386 g/mol. The summed E-state index contributed by atoms with van der Waals surface area (Å²) in [4.78, 5) is 4.66. The molecule has 0 amide bonds. The first-order valence-corrected chi connectivity index (χ1v) is 10.2. The van der Waals surface area contributed by atoms with E-state index in [-0.39, 0.29) is 0 Å². The molecule has 0 aliphatic rings. The van der Waals surface area contributed by atoms with Crippen molar-refractivity contribution in [3.05, 3.63) is 102 Å². The Kier molecular flexibility index (Phi) is 5.35. The third-order valence-corrected chi connectivity index (χ3v) is 5.21. The average molecular weight is 407 g/mol. The van der Waals surface area contributed by atoms with Crippen molar-refractivity contribution in [3.63, 3.8) is 0 Å². The van der Waals surface area contributed by atoms with E-state index in [1.165, 1.54) is 11.1 Å². The highest BCUT2D eigenvalue weighted by Gasteiger charge is 2.04. The maximum atomic E-state index is 5.93. The van der Waals surface area contributed by atoms with Gasteiger partial charge in [0.05, 0.1) is 11.2 Å². The van der Waals surface area contributed by atoms with Gasteiger partial charge in [0.15, 0.2) is 5.82 Å². The Morgan fingerprint density at radius 3 is 2.52 bits per heavy atom. The highest BCUT2D eigenvalue weighted by Crippen LogP contribution is 2.19. The number of aryl methyl sites for hydroxylation is 2. The van der Waals surface area contributed by atoms with Crippen molar-refractivity contribution in [2.45, 2.75) is 19.4 Å². The van der Waals surface area contributed by atoms with Crippen LogP contribution in [0.25, 0.3) is 22.3 Å². The third-order valence-electron chi connectivity index (χ3n) is 5.21. The van der Waals surface area contributed by atoms with Gasteiger partial charge in [0, 0.05) is 10.9 Å². The summed E-state index contributed by atoms with van der Waals surface area (Å²) in [7, 11) is 0. The molecule has 2 aromatic heterocycles. The average Bonchev–Trinajstić information content (AvgIpc) is 3.37. The van der Waals surface area contributed by atoms with Gasteiger partial charge in [0.2, 0.25) is 0 Å². The molecule has 0 spiro atoms. The van der Waals surface area contributed by atoms with E-state index in [4.69, 9.17) is 4.74 Å². The van der Waals surface area contributed by atoms with Crippen LogP contribution >= 0.6 is 0 Å². The number of nitrogens with zero attached hydrogens (tertiary/aromatic N) is 4. The number of aromatic nitrogens is 5. The highest BCUT2D eigenvalue weighted by molar-refractivity contribution is 5.78. The van der Waals surface area contributed by atoms with Crippen molar-refractivity contribution in [3.8, 4) is 17.1 Å². The fourth-order valence-electron chi connectivity index (χ4n) is 3.54. The van der Waals surface area contributed by atoms with Gasteiger partial charge < -0.3 is 4.74 Å². The predicted octanol–water partition coefficient (Wildman–Crippen LogP) is 4.78. The normalized spacial score (nSPS) is 11.0. The van der Waals surface area contributed by atoms with E-state index in [9.17, 15) is 0 Å². The van der Waals surface area contributed by atoms with Crippen molar-refractivity contribution in [2.75, 3.05) is 0 Å². The lowest BCUT2D eigenvalue weighted by Gasteiger charge is -2.08. The summed E-state index contributed by atoms with van der Waals surface area (Å²) in [6.45, 7) is 0.452. The van der Waals surface area contributed by atoms with Gasteiger partial charge in [0.1, 0.15) is 12.4 Å². The summed E-state index contributed by atoms with van der Waals surface area (Å²) < 4.78 is 5.93. The number of benzene rings is 3. The summed E-state index contributed by atoms with van der Waals surface area (Å²) in [5.41, 5.74) is 5.42. The highest BCUT2D eigenvalue weighted by atomic mass is 16.5. The largest absolute Gasteiger partial charge is 0.487 e. The third kappa shape index (κ3) is 4.59. The molecule has 152 valence electrons. The molecule has 1 N–H and O–H groups in total. The molecular formula is C25H21N5O. The van der Waals surface area contributed by atoms with E-state index < -0.39 is 0 Å². The van der Waals surface area contributed by atoms with Gasteiger partial charge in [-0.25, -0.2) is 10.1 Å². The Hall–Kier alpha value is -4.06. The van der Waals surface area contributed by atoms with E-state index in [1.807, 2.05) is 48.5 Å². The number of aromatic amines is 1. The molecule has 5 aromatic rings. The van der Waals surface area contributed by atoms with Crippen LogP contribution in [0.1, 0.15) is 16.8 Å². The van der Waals surface area contributed by atoms with Gasteiger partial charge in [0.25, 0.3) is 0 Å². The number of fused-ring (bicyclic) bond motifs is 1. The summed E-state index contributed by atoms with van der Waals surface area (Å²) in [5, 5.41) is 15.2. The van der Waals surface area contributed by atoms with Crippen LogP contribution in [0.5, 0.6) is 5.75 Å². The zero-order valence-electron chi connectivity index (χ0n) is 16.9. The lowest BCUT2D eigenvalue weighted by atomic mass is 10.0. The second kappa shape index (κ2) is 8.75. The van der Waals surface area contributed by atoms with Crippen LogP contribution in [-0.2, 0) is 19.4 Å². The number of hydrogen-bond acceptors (Lipinski definition) is 5. The van der Waals surface area contributed by atoms with Crippen molar-refractivity contribution >= 4 is 10.9 Å². The van der Waals surface area contributed by atoms with E-state index in [2.05, 4.69) is 62.0 Å². The van der Waals surface area contributed by atoms with Crippen LogP contribution in [0.4, 0.5) is 0 Å².